The predicted octanol–water partition coefficient (Wildman–Crippen LogP) is 5.06. The number of hydrogen-bond acceptors (Lipinski definition) is 4. The fraction of sp³-hybridized carbons (Fsp3) is 0.217. The van der Waals surface area contributed by atoms with Gasteiger partial charge in [-0.3, -0.25) is 9.78 Å². The van der Waals surface area contributed by atoms with Crippen LogP contribution in [0.2, 0.25) is 0 Å². The highest BCUT2D eigenvalue weighted by Crippen LogP contribution is 2.47. The van der Waals surface area contributed by atoms with Gasteiger partial charge in [0.05, 0.1) is 6.20 Å². The van der Waals surface area contributed by atoms with Crippen molar-refractivity contribution in [1.29, 1.82) is 0 Å². The number of aromatic nitrogens is 1. The molecule has 1 aliphatic carbocycles. The Bertz CT molecular complexity index is 1030. The number of halogens is 1. The zero-order valence-electron chi connectivity index (χ0n) is 16.0. The van der Waals surface area contributed by atoms with E-state index in [1.54, 1.807) is 30.5 Å². The lowest BCUT2D eigenvalue weighted by Crippen LogP contribution is -2.20. The normalized spacial score (nSPS) is 18.0. The van der Waals surface area contributed by atoms with Crippen molar-refractivity contribution in [1.82, 2.24) is 10.3 Å². The highest BCUT2D eigenvalue weighted by Gasteiger charge is 2.36. The Morgan fingerprint density at radius 1 is 1.34 bits per heavy atom. The molecule has 2 aromatic heterocycles. The molecule has 2 unspecified atom stereocenters. The lowest BCUT2D eigenvalue weighted by molar-refractivity contribution is -0.116. The quantitative estimate of drug-likeness (QED) is 0.571. The van der Waals surface area contributed by atoms with Crippen LogP contribution in [0, 0.1) is 11.7 Å². The van der Waals surface area contributed by atoms with Gasteiger partial charge in [0.25, 0.3) is 0 Å². The molecule has 1 N–H and O–H groups in total. The molecule has 3 aromatic rings. The SMILES string of the molecule is CC1CC1c1ccc(/C=C/C(=O)NCc2ccc(Oc3cccnc3)c(F)c2)o1. The van der Waals surface area contributed by atoms with Crippen molar-refractivity contribution in [3.63, 3.8) is 0 Å². The van der Waals surface area contributed by atoms with Gasteiger partial charge in [0.2, 0.25) is 5.91 Å². The third-order valence-corrected chi connectivity index (χ3v) is 4.85. The van der Waals surface area contributed by atoms with Crippen LogP contribution in [0.1, 0.15) is 36.3 Å². The Morgan fingerprint density at radius 3 is 2.93 bits per heavy atom. The summed E-state index contributed by atoms with van der Waals surface area (Å²) in [6, 6.07) is 11.8. The van der Waals surface area contributed by atoms with Crippen LogP contribution in [-0.2, 0) is 11.3 Å². The van der Waals surface area contributed by atoms with E-state index >= 15 is 0 Å². The monoisotopic (exact) mass is 392 g/mol. The first kappa shape index (κ1) is 18.9. The molecule has 29 heavy (non-hydrogen) atoms. The van der Waals surface area contributed by atoms with E-state index in [1.165, 1.54) is 24.4 Å². The Hall–Kier alpha value is -3.41. The molecule has 0 radical (unpaired) electrons. The van der Waals surface area contributed by atoms with Gasteiger partial charge in [-0.15, -0.1) is 0 Å². The number of carbonyl (C=O) groups excluding carboxylic acids is 1. The fourth-order valence-electron chi connectivity index (χ4n) is 3.05. The number of nitrogens with zero attached hydrogens (tertiary/aromatic N) is 1. The van der Waals surface area contributed by atoms with Crippen LogP contribution >= 0.6 is 0 Å². The number of benzene rings is 1. The van der Waals surface area contributed by atoms with E-state index in [1.807, 2.05) is 12.1 Å². The molecule has 2 atom stereocenters. The molecule has 5 nitrogen and oxygen atoms in total. The third-order valence-electron chi connectivity index (χ3n) is 4.85. The number of pyridine rings is 1. The van der Waals surface area contributed by atoms with E-state index in [9.17, 15) is 9.18 Å². The summed E-state index contributed by atoms with van der Waals surface area (Å²) in [7, 11) is 0. The van der Waals surface area contributed by atoms with Crippen molar-refractivity contribution in [3.05, 3.63) is 83.8 Å². The number of hydrogen-bond donors (Lipinski definition) is 1. The van der Waals surface area contributed by atoms with Gasteiger partial charge in [-0.05, 0) is 60.4 Å². The first-order chi connectivity index (χ1) is 14.1. The molecule has 6 heteroatoms. The molecule has 1 saturated carbocycles. The molecule has 0 bridgehead atoms. The molecule has 0 spiro atoms. The highest BCUT2D eigenvalue weighted by atomic mass is 19.1. The average molecular weight is 392 g/mol. The summed E-state index contributed by atoms with van der Waals surface area (Å²) < 4.78 is 25.4. The predicted molar refractivity (Wildman–Crippen MR) is 107 cm³/mol. The number of rotatable bonds is 7. The van der Waals surface area contributed by atoms with E-state index < -0.39 is 5.82 Å². The molecule has 1 aliphatic rings. The fourth-order valence-corrected chi connectivity index (χ4v) is 3.05. The molecule has 1 aromatic carbocycles. The average Bonchev–Trinajstić information content (AvgIpc) is 3.27. The number of ether oxygens (including phenoxy) is 1. The molecule has 148 valence electrons. The first-order valence-corrected chi connectivity index (χ1v) is 9.50. The maximum atomic E-state index is 14.2. The van der Waals surface area contributed by atoms with E-state index in [4.69, 9.17) is 9.15 Å². The van der Waals surface area contributed by atoms with E-state index in [2.05, 4.69) is 17.2 Å². The van der Waals surface area contributed by atoms with Gasteiger partial charge in [0, 0.05) is 24.7 Å². The number of nitrogens with one attached hydrogen (secondary N) is 1. The van der Waals surface area contributed by atoms with E-state index in [-0.39, 0.29) is 18.2 Å². The van der Waals surface area contributed by atoms with Crippen molar-refractivity contribution in [3.8, 4) is 11.5 Å². The van der Waals surface area contributed by atoms with Crippen LogP contribution in [0.3, 0.4) is 0 Å². The Morgan fingerprint density at radius 2 is 2.21 bits per heavy atom. The van der Waals surface area contributed by atoms with Crippen molar-refractivity contribution in [2.75, 3.05) is 0 Å². The molecule has 2 heterocycles. The number of carbonyl (C=O) groups is 1. The minimum Gasteiger partial charge on any atom is -0.461 e. The minimum atomic E-state index is -0.506. The number of furan rings is 1. The van der Waals surface area contributed by atoms with Crippen LogP contribution in [0.5, 0.6) is 11.5 Å². The summed E-state index contributed by atoms with van der Waals surface area (Å²) in [6.07, 6.45) is 7.32. The Labute approximate surface area is 168 Å². The van der Waals surface area contributed by atoms with Crippen molar-refractivity contribution < 1.29 is 18.3 Å². The zero-order chi connectivity index (χ0) is 20.2. The van der Waals surface area contributed by atoms with Crippen LogP contribution < -0.4 is 10.1 Å². The second-order valence-corrected chi connectivity index (χ2v) is 7.17. The third kappa shape index (κ3) is 4.90. The van der Waals surface area contributed by atoms with Gasteiger partial charge in [0.1, 0.15) is 17.3 Å². The van der Waals surface area contributed by atoms with Gasteiger partial charge in [-0.1, -0.05) is 13.0 Å². The molecule has 1 fully saturated rings. The number of amides is 1. The summed E-state index contributed by atoms with van der Waals surface area (Å²) in [5.74, 6) is 2.57. The molecular weight excluding hydrogens is 371 g/mol. The van der Waals surface area contributed by atoms with Gasteiger partial charge >= 0.3 is 0 Å². The largest absolute Gasteiger partial charge is 0.461 e. The van der Waals surface area contributed by atoms with Crippen LogP contribution in [0.25, 0.3) is 6.08 Å². The second kappa shape index (κ2) is 8.31. The van der Waals surface area contributed by atoms with Crippen LogP contribution in [-0.4, -0.2) is 10.9 Å². The Kier molecular flexibility index (Phi) is 5.42. The van der Waals surface area contributed by atoms with Gasteiger partial charge in [-0.2, -0.15) is 0 Å². The first-order valence-electron chi connectivity index (χ1n) is 9.50. The van der Waals surface area contributed by atoms with Crippen molar-refractivity contribution in [2.45, 2.75) is 25.8 Å². The van der Waals surface area contributed by atoms with Crippen LogP contribution in [0.15, 0.2) is 65.4 Å². The van der Waals surface area contributed by atoms with Gasteiger partial charge in [0.15, 0.2) is 11.6 Å². The zero-order valence-corrected chi connectivity index (χ0v) is 16.0. The van der Waals surface area contributed by atoms with Gasteiger partial charge in [-0.25, -0.2) is 4.39 Å². The molecule has 0 saturated heterocycles. The van der Waals surface area contributed by atoms with E-state index in [0.29, 0.717) is 28.9 Å². The maximum Gasteiger partial charge on any atom is 0.244 e. The summed E-state index contributed by atoms with van der Waals surface area (Å²) in [6.45, 7) is 2.40. The lowest BCUT2D eigenvalue weighted by Gasteiger charge is -2.08. The topological polar surface area (TPSA) is 64.4 Å². The summed E-state index contributed by atoms with van der Waals surface area (Å²) in [5.41, 5.74) is 0.630. The highest BCUT2D eigenvalue weighted by molar-refractivity contribution is 5.91. The smallest absolute Gasteiger partial charge is 0.244 e. The van der Waals surface area contributed by atoms with Crippen molar-refractivity contribution >= 4 is 12.0 Å². The summed E-state index contributed by atoms with van der Waals surface area (Å²) in [4.78, 5) is 15.9. The molecule has 0 aliphatic heterocycles. The maximum absolute atomic E-state index is 14.2. The lowest BCUT2D eigenvalue weighted by atomic mass is 10.2. The standard InChI is InChI=1S/C23H21FN2O3/c1-15-11-19(15)21-8-5-17(28-21)6-9-23(27)26-13-16-4-7-22(20(24)12-16)29-18-3-2-10-25-14-18/h2-10,12,14-15,19H,11,13H2,1H3,(H,26,27)/b9-6+. The molecule has 4 rings (SSSR count). The summed E-state index contributed by atoms with van der Waals surface area (Å²) >= 11 is 0. The Balaban J connectivity index is 1.29. The summed E-state index contributed by atoms with van der Waals surface area (Å²) in [5, 5.41) is 2.73. The molecular formula is C23H21FN2O3. The molecule has 1 amide bonds. The van der Waals surface area contributed by atoms with Crippen molar-refractivity contribution in [2.24, 2.45) is 5.92 Å². The second-order valence-electron chi connectivity index (χ2n) is 7.17. The van der Waals surface area contributed by atoms with Gasteiger partial charge < -0.3 is 14.5 Å². The van der Waals surface area contributed by atoms with E-state index in [0.717, 1.165) is 12.2 Å². The van der Waals surface area contributed by atoms with Crippen LogP contribution in [0.4, 0.5) is 4.39 Å². The minimum absolute atomic E-state index is 0.103.